The van der Waals surface area contributed by atoms with Gasteiger partial charge in [0.15, 0.2) is 6.61 Å². The number of aryl methyl sites for hydroxylation is 1. The van der Waals surface area contributed by atoms with Crippen LogP contribution in [0.3, 0.4) is 0 Å². The number of esters is 1. The standard InChI is InChI=1S/C12H16N2O3/c1-8-6-9(4-5-10(8)13)12(16)17-7-11(15)14(2)3/h4-6H,7,13H2,1-3H3. The Labute approximate surface area is 100 Å². The lowest BCUT2D eigenvalue weighted by atomic mass is 10.1. The number of rotatable bonds is 3. The molecule has 5 nitrogen and oxygen atoms in total. The first-order chi connectivity index (χ1) is 7.91. The minimum absolute atomic E-state index is 0.255. The van der Waals surface area contributed by atoms with E-state index in [1.165, 1.54) is 4.90 Å². The SMILES string of the molecule is Cc1cc(C(=O)OCC(=O)N(C)C)ccc1N. The van der Waals surface area contributed by atoms with E-state index in [0.29, 0.717) is 11.3 Å². The largest absolute Gasteiger partial charge is 0.452 e. The van der Waals surface area contributed by atoms with Gasteiger partial charge in [0, 0.05) is 19.8 Å². The molecule has 0 aliphatic heterocycles. The van der Waals surface area contributed by atoms with E-state index in [0.717, 1.165) is 5.56 Å². The molecule has 92 valence electrons. The number of likely N-dealkylation sites (N-methyl/N-ethyl adjacent to an activating group) is 1. The molecule has 0 fully saturated rings. The molecular weight excluding hydrogens is 220 g/mol. The van der Waals surface area contributed by atoms with Gasteiger partial charge in [0.2, 0.25) is 0 Å². The van der Waals surface area contributed by atoms with E-state index in [1.54, 1.807) is 39.2 Å². The predicted octanol–water partition coefficient (Wildman–Crippen LogP) is 0.822. The number of hydrogen-bond donors (Lipinski definition) is 1. The van der Waals surface area contributed by atoms with Crippen LogP contribution in [0.25, 0.3) is 0 Å². The lowest BCUT2D eigenvalue weighted by Crippen LogP contribution is -2.27. The Morgan fingerprint density at radius 1 is 1.35 bits per heavy atom. The zero-order valence-electron chi connectivity index (χ0n) is 10.2. The second-order valence-electron chi connectivity index (χ2n) is 3.94. The quantitative estimate of drug-likeness (QED) is 0.623. The van der Waals surface area contributed by atoms with E-state index in [2.05, 4.69) is 0 Å². The molecule has 1 amide bonds. The molecule has 0 saturated carbocycles. The van der Waals surface area contributed by atoms with Crippen LogP contribution in [0.2, 0.25) is 0 Å². The van der Waals surface area contributed by atoms with Gasteiger partial charge in [-0.3, -0.25) is 4.79 Å². The van der Waals surface area contributed by atoms with E-state index < -0.39 is 5.97 Å². The summed E-state index contributed by atoms with van der Waals surface area (Å²) >= 11 is 0. The van der Waals surface area contributed by atoms with Crippen molar-refractivity contribution in [2.75, 3.05) is 26.4 Å². The Balaban J connectivity index is 2.64. The fourth-order valence-electron chi connectivity index (χ4n) is 1.14. The summed E-state index contributed by atoms with van der Waals surface area (Å²) in [7, 11) is 3.20. The van der Waals surface area contributed by atoms with Gasteiger partial charge in [-0.15, -0.1) is 0 Å². The third kappa shape index (κ3) is 3.48. The van der Waals surface area contributed by atoms with E-state index in [-0.39, 0.29) is 12.5 Å². The number of anilines is 1. The van der Waals surface area contributed by atoms with Gasteiger partial charge in [0.05, 0.1) is 5.56 Å². The maximum atomic E-state index is 11.6. The third-order valence-corrected chi connectivity index (χ3v) is 2.33. The number of amides is 1. The van der Waals surface area contributed by atoms with E-state index >= 15 is 0 Å². The number of carbonyl (C=O) groups excluding carboxylic acids is 2. The molecule has 1 aromatic carbocycles. The van der Waals surface area contributed by atoms with Crippen LogP contribution in [0.15, 0.2) is 18.2 Å². The number of ether oxygens (including phenoxy) is 1. The summed E-state index contributed by atoms with van der Waals surface area (Å²) in [6.07, 6.45) is 0. The lowest BCUT2D eigenvalue weighted by molar-refractivity contribution is -0.131. The van der Waals surface area contributed by atoms with Gasteiger partial charge >= 0.3 is 5.97 Å². The van der Waals surface area contributed by atoms with Gasteiger partial charge in [0.25, 0.3) is 5.91 Å². The first kappa shape index (κ1) is 13.0. The Hall–Kier alpha value is -2.04. The average Bonchev–Trinajstić information content (AvgIpc) is 2.28. The molecular formula is C12H16N2O3. The van der Waals surface area contributed by atoms with Crippen LogP contribution in [0.4, 0.5) is 5.69 Å². The number of hydrogen-bond acceptors (Lipinski definition) is 4. The molecule has 0 aromatic heterocycles. The summed E-state index contributed by atoms with van der Waals surface area (Å²) in [6.45, 7) is 1.55. The van der Waals surface area contributed by atoms with Crippen molar-refractivity contribution in [1.29, 1.82) is 0 Å². The summed E-state index contributed by atoms with van der Waals surface area (Å²) in [5, 5.41) is 0. The number of nitrogen functional groups attached to an aromatic ring is 1. The molecule has 0 radical (unpaired) electrons. The predicted molar refractivity (Wildman–Crippen MR) is 64.6 cm³/mol. The second kappa shape index (κ2) is 5.34. The van der Waals surface area contributed by atoms with Crippen molar-refractivity contribution in [3.63, 3.8) is 0 Å². The Morgan fingerprint density at radius 3 is 2.53 bits per heavy atom. The van der Waals surface area contributed by atoms with Gasteiger partial charge in [0.1, 0.15) is 0 Å². The van der Waals surface area contributed by atoms with Gasteiger partial charge < -0.3 is 15.4 Å². The van der Waals surface area contributed by atoms with Crippen molar-refractivity contribution in [3.8, 4) is 0 Å². The number of nitrogens with zero attached hydrogens (tertiary/aromatic N) is 1. The van der Waals surface area contributed by atoms with Crippen molar-refractivity contribution >= 4 is 17.6 Å². The molecule has 0 aliphatic carbocycles. The average molecular weight is 236 g/mol. The molecule has 1 aromatic rings. The molecule has 0 bridgehead atoms. The van der Waals surface area contributed by atoms with Crippen LogP contribution in [0.1, 0.15) is 15.9 Å². The lowest BCUT2D eigenvalue weighted by Gasteiger charge is -2.10. The first-order valence-corrected chi connectivity index (χ1v) is 5.15. The van der Waals surface area contributed by atoms with Crippen molar-refractivity contribution in [2.24, 2.45) is 0 Å². The minimum atomic E-state index is -0.525. The Kier molecular flexibility index (Phi) is 4.09. The van der Waals surface area contributed by atoms with Gasteiger partial charge in [-0.2, -0.15) is 0 Å². The highest BCUT2D eigenvalue weighted by atomic mass is 16.5. The van der Waals surface area contributed by atoms with Gasteiger partial charge in [-0.05, 0) is 30.7 Å². The van der Waals surface area contributed by atoms with Crippen LogP contribution in [-0.2, 0) is 9.53 Å². The van der Waals surface area contributed by atoms with Crippen molar-refractivity contribution in [1.82, 2.24) is 4.90 Å². The monoisotopic (exact) mass is 236 g/mol. The number of carbonyl (C=O) groups is 2. The minimum Gasteiger partial charge on any atom is -0.452 e. The molecule has 0 heterocycles. The fraction of sp³-hybridized carbons (Fsp3) is 0.333. The van der Waals surface area contributed by atoms with E-state index in [9.17, 15) is 9.59 Å². The van der Waals surface area contributed by atoms with Crippen molar-refractivity contribution < 1.29 is 14.3 Å². The molecule has 5 heteroatoms. The van der Waals surface area contributed by atoms with E-state index in [4.69, 9.17) is 10.5 Å². The summed E-state index contributed by atoms with van der Waals surface area (Å²) < 4.78 is 4.88. The molecule has 0 aliphatic rings. The van der Waals surface area contributed by atoms with Crippen LogP contribution in [0.5, 0.6) is 0 Å². The highest BCUT2D eigenvalue weighted by Crippen LogP contribution is 2.13. The van der Waals surface area contributed by atoms with Crippen molar-refractivity contribution in [3.05, 3.63) is 29.3 Å². The summed E-state index contributed by atoms with van der Waals surface area (Å²) in [6, 6.07) is 4.85. The van der Waals surface area contributed by atoms with Crippen LogP contribution in [-0.4, -0.2) is 37.5 Å². The molecule has 2 N–H and O–H groups in total. The zero-order valence-corrected chi connectivity index (χ0v) is 10.2. The van der Waals surface area contributed by atoms with Crippen LogP contribution in [0, 0.1) is 6.92 Å². The molecule has 17 heavy (non-hydrogen) atoms. The summed E-state index contributed by atoms with van der Waals surface area (Å²) in [5.74, 6) is -0.784. The molecule has 0 spiro atoms. The number of nitrogens with two attached hydrogens (primary N) is 1. The van der Waals surface area contributed by atoms with Crippen LogP contribution < -0.4 is 5.73 Å². The Morgan fingerprint density at radius 2 is 2.00 bits per heavy atom. The highest BCUT2D eigenvalue weighted by Gasteiger charge is 2.11. The molecule has 0 atom stereocenters. The topological polar surface area (TPSA) is 72.6 Å². The van der Waals surface area contributed by atoms with Gasteiger partial charge in [-0.25, -0.2) is 4.79 Å². The van der Waals surface area contributed by atoms with Gasteiger partial charge in [-0.1, -0.05) is 0 Å². The van der Waals surface area contributed by atoms with Crippen molar-refractivity contribution in [2.45, 2.75) is 6.92 Å². The molecule has 0 unspecified atom stereocenters. The smallest absolute Gasteiger partial charge is 0.338 e. The summed E-state index contributed by atoms with van der Waals surface area (Å²) in [5.41, 5.74) is 7.45. The van der Waals surface area contributed by atoms with E-state index in [1.807, 2.05) is 0 Å². The third-order valence-electron chi connectivity index (χ3n) is 2.33. The number of benzene rings is 1. The first-order valence-electron chi connectivity index (χ1n) is 5.15. The Bertz CT molecular complexity index is 441. The molecule has 1 rings (SSSR count). The second-order valence-corrected chi connectivity index (χ2v) is 3.94. The fourth-order valence-corrected chi connectivity index (χ4v) is 1.14. The molecule has 0 saturated heterocycles. The normalized spacial score (nSPS) is 9.82. The zero-order chi connectivity index (χ0) is 13.0. The maximum Gasteiger partial charge on any atom is 0.338 e. The highest BCUT2D eigenvalue weighted by molar-refractivity contribution is 5.91. The maximum absolute atomic E-state index is 11.6. The summed E-state index contributed by atoms with van der Waals surface area (Å²) in [4.78, 5) is 24.2. The van der Waals surface area contributed by atoms with Crippen LogP contribution >= 0.6 is 0 Å².